The van der Waals surface area contributed by atoms with Crippen LogP contribution < -0.4 is 20.7 Å². The van der Waals surface area contributed by atoms with Gasteiger partial charge in [0.1, 0.15) is 28.6 Å². The molecule has 0 aliphatic carbocycles. The van der Waals surface area contributed by atoms with Crippen molar-refractivity contribution in [2.24, 2.45) is 0 Å². The van der Waals surface area contributed by atoms with Gasteiger partial charge < -0.3 is 23.9 Å². The lowest BCUT2D eigenvalue weighted by molar-refractivity contribution is 0.0240. The second-order valence-corrected chi connectivity index (χ2v) is 12.0. The Morgan fingerprint density at radius 2 is 1.75 bits per heavy atom. The quantitative estimate of drug-likeness (QED) is 0.179. The molecule has 1 fully saturated rings. The topological polar surface area (TPSA) is 109 Å². The highest BCUT2D eigenvalue weighted by molar-refractivity contribution is 9.10. The summed E-state index contributed by atoms with van der Waals surface area (Å²) in [6.45, 7) is 5.82. The minimum absolute atomic E-state index is 0.0384. The largest absolute Gasteiger partial charge is 0.444 e. The molecule has 1 aromatic heterocycles. The summed E-state index contributed by atoms with van der Waals surface area (Å²) in [6, 6.07) is 7.58. The van der Waals surface area contributed by atoms with Crippen LogP contribution in [0.5, 0.6) is 0 Å². The SMILES string of the molecule is CC(C)(C)OC(=O)N1CCN(c2c(N(Cc3ccc(-c4nnc(C(F)F)o4)cc3F)c3cc(F)cc(Br)c3)c(=O)c2=O)CC1. The standard InChI is InChI=1S/C29H26BrF4N5O5/c1-29(2,3)44-28(42)38-8-6-37(7-9-38)21-22(24(41)23(21)40)39(19-12-17(30)11-18(31)13-19)14-16-5-4-15(10-20(16)32)26-35-36-27(43-26)25(33)34/h4-5,10-13,25H,6-9,14H2,1-3H3. The molecule has 3 aromatic carbocycles. The maximum absolute atomic E-state index is 15.4. The van der Waals surface area contributed by atoms with E-state index in [0.29, 0.717) is 4.47 Å². The molecule has 0 spiro atoms. The Morgan fingerprint density at radius 3 is 2.34 bits per heavy atom. The van der Waals surface area contributed by atoms with Crippen LogP contribution in [-0.4, -0.2) is 53.0 Å². The van der Waals surface area contributed by atoms with Gasteiger partial charge in [0, 0.05) is 47.5 Å². The lowest BCUT2D eigenvalue weighted by atomic mass is 10.1. The zero-order valence-electron chi connectivity index (χ0n) is 23.7. The molecule has 0 bridgehead atoms. The van der Waals surface area contributed by atoms with Crippen LogP contribution in [0.2, 0.25) is 0 Å². The van der Waals surface area contributed by atoms with Crippen molar-refractivity contribution in [1.29, 1.82) is 0 Å². The monoisotopic (exact) mass is 679 g/mol. The van der Waals surface area contributed by atoms with E-state index in [1.165, 1.54) is 34.1 Å². The van der Waals surface area contributed by atoms with Crippen molar-refractivity contribution in [3.63, 3.8) is 0 Å². The molecular formula is C29H26BrF4N5O5. The van der Waals surface area contributed by atoms with Crippen LogP contribution >= 0.6 is 15.9 Å². The van der Waals surface area contributed by atoms with Crippen LogP contribution in [0, 0.1) is 11.6 Å². The summed E-state index contributed by atoms with van der Waals surface area (Å²) in [5.74, 6) is -2.67. The fraction of sp³-hybridized carbons (Fsp3) is 0.345. The minimum Gasteiger partial charge on any atom is -0.444 e. The Hall–Kier alpha value is -4.27. The third kappa shape index (κ3) is 6.47. The van der Waals surface area contributed by atoms with E-state index in [0.717, 1.165) is 12.1 Å². The zero-order valence-corrected chi connectivity index (χ0v) is 25.3. The van der Waals surface area contributed by atoms with Gasteiger partial charge in [0.15, 0.2) is 0 Å². The Bertz CT molecular complexity index is 1750. The molecule has 4 aromatic rings. The molecule has 10 nitrogen and oxygen atoms in total. The lowest BCUT2D eigenvalue weighted by Gasteiger charge is -2.39. The number of rotatable bonds is 7. The van der Waals surface area contributed by atoms with Crippen molar-refractivity contribution in [3.8, 4) is 11.5 Å². The number of amides is 1. The van der Waals surface area contributed by atoms with Gasteiger partial charge in [-0.15, -0.1) is 10.2 Å². The first-order valence-corrected chi connectivity index (χ1v) is 14.2. The molecule has 0 radical (unpaired) electrons. The van der Waals surface area contributed by atoms with E-state index in [2.05, 4.69) is 26.1 Å². The summed E-state index contributed by atoms with van der Waals surface area (Å²) < 4.78 is 66.3. The number of hydrogen-bond acceptors (Lipinski definition) is 9. The second-order valence-electron chi connectivity index (χ2n) is 11.1. The molecule has 0 atom stereocenters. The van der Waals surface area contributed by atoms with Gasteiger partial charge in [-0.3, -0.25) is 9.59 Å². The van der Waals surface area contributed by atoms with Crippen LogP contribution in [0.4, 0.5) is 39.4 Å². The third-order valence-electron chi connectivity index (χ3n) is 6.79. The number of piperazine rings is 1. The van der Waals surface area contributed by atoms with Crippen LogP contribution in [0.1, 0.15) is 38.7 Å². The van der Waals surface area contributed by atoms with E-state index < -0.39 is 46.5 Å². The molecule has 0 unspecified atom stereocenters. The lowest BCUT2D eigenvalue weighted by Crippen LogP contribution is -2.54. The summed E-state index contributed by atoms with van der Waals surface area (Å²) >= 11 is 3.23. The molecule has 1 aliphatic heterocycles. The van der Waals surface area contributed by atoms with Crippen molar-refractivity contribution in [2.75, 3.05) is 36.0 Å². The molecule has 1 saturated heterocycles. The fourth-order valence-electron chi connectivity index (χ4n) is 4.76. The van der Waals surface area contributed by atoms with E-state index in [4.69, 9.17) is 9.15 Å². The summed E-state index contributed by atoms with van der Waals surface area (Å²) in [5.41, 5.74) is -2.01. The van der Waals surface area contributed by atoms with Crippen LogP contribution in [0.25, 0.3) is 11.5 Å². The summed E-state index contributed by atoms with van der Waals surface area (Å²) in [4.78, 5) is 43.0. The van der Waals surface area contributed by atoms with Gasteiger partial charge in [0.25, 0.3) is 16.7 Å². The number of benzene rings is 2. The summed E-state index contributed by atoms with van der Waals surface area (Å²) in [6.07, 6.45) is -3.50. The molecule has 0 saturated carbocycles. The van der Waals surface area contributed by atoms with Gasteiger partial charge in [-0.1, -0.05) is 22.0 Å². The summed E-state index contributed by atoms with van der Waals surface area (Å²) in [7, 11) is 0. The molecule has 0 N–H and O–H groups in total. The van der Waals surface area contributed by atoms with E-state index in [9.17, 15) is 27.6 Å². The number of ether oxygens (including phenoxy) is 1. The van der Waals surface area contributed by atoms with Crippen LogP contribution in [-0.2, 0) is 11.3 Å². The van der Waals surface area contributed by atoms with Crippen molar-refractivity contribution in [3.05, 3.63) is 84.4 Å². The first-order valence-electron chi connectivity index (χ1n) is 13.4. The van der Waals surface area contributed by atoms with Crippen molar-refractivity contribution >= 4 is 39.1 Å². The highest BCUT2D eigenvalue weighted by Gasteiger charge is 2.34. The number of anilines is 3. The fourth-order valence-corrected chi connectivity index (χ4v) is 5.22. The highest BCUT2D eigenvalue weighted by Crippen LogP contribution is 2.36. The molecule has 232 valence electrons. The Morgan fingerprint density at radius 1 is 1.05 bits per heavy atom. The predicted octanol–water partition coefficient (Wildman–Crippen LogP) is 5.71. The summed E-state index contributed by atoms with van der Waals surface area (Å²) in [5, 5.41) is 6.76. The molecule has 1 aliphatic rings. The molecule has 5 rings (SSSR count). The van der Waals surface area contributed by atoms with Crippen molar-refractivity contribution in [2.45, 2.75) is 39.3 Å². The minimum atomic E-state index is -3.00. The number of hydrogen-bond donors (Lipinski definition) is 0. The molecule has 15 heteroatoms. The highest BCUT2D eigenvalue weighted by atomic mass is 79.9. The van der Waals surface area contributed by atoms with Crippen LogP contribution in [0.15, 0.2) is 54.9 Å². The van der Waals surface area contributed by atoms with Gasteiger partial charge >= 0.3 is 12.5 Å². The number of aromatic nitrogens is 2. The molecule has 44 heavy (non-hydrogen) atoms. The Labute approximate surface area is 256 Å². The van der Waals surface area contributed by atoms with Crippen LogP contribution in [0.3, 0.4) is 0 Å². The van der Waals surface area contributed by atoms with Crippen molar-refractivity contribution < 1.29 is 31.5 Å². The van der Waals surface area contributed by atoms with E-state index >= 15 is 4.39 Å². The normalized spacial score (nSPS) is 14.0. The van der Waals surface area contributed by atoms with Gasteiger partial charge in [-0.05, 0) is 51.1 Å². The molecule has 2 heterocycles. The van der Waals surface area contributed by atoms with Gasteiger partial charge in [0.05, 0.1) is 6.54 Å². The third-order valence-corrected chi connectivity index (χ3v) is 7.25. The predicted molar refractivity (Wildman–Crippen MR) is 156 cm³/mol. The first kappa shape index (κ1) is 31.2. The number of alkyl halides is 2. The number of halogens is 5. The first-order chi connectivity index (χ1) is 20.7. The smallest absolute Gasteiger partial charge is 0.410 e. The van der Waals surface area contributed by atoms with Gasteiger partial charge in [-0.25, -0.2) is 13.6 Å². The maximum Gasteiger partial charge on any atom is 0.410 e. The Kier molecular flexibility index (Phi) is 8.51. The average molecular weight is 680 g/mol. The number of carbonyl (C=O) groups is 1. The van der Waals surface area contributed by atoms with E-state index in [1.807, 2.05) is 0 Å². The van der Waals surface area contributed by atoms with Crippen molar-refractivity contribution in [1.82, 2.24) is 15.1 Å². The Balaban J connectivity index is 1.46. The number of carbonyl (C=O) groups excluding carboxylic acids is 1. The van der Waals surface area contributed by atoms with Gasteiger partial charge in [-0.2, -0.15) is 8.78 Å². The van der Waals surface area contributed by atoms with E-state index in [1.54, 1.807) is 25.7 Å². The molecular weight excluding hydrogens is 654 g/mol. The van der Waals surface area contributed by atoms with E-state index in [-0.39, 0.29) is 66.8 Å². The maximum atomic E-state index is 15.4. The zero-order chi connectivity index (χ0) is 31.9. The van der Waals surface area contributed by atoms with Gasteiger partial charge in [0.2, 0.25) is 5.89 Å². The number of nitrogens with zero attached hydrogens (tertiary/aromatic N) is 5. The second kappa shape index (κ2) is 12.0. The molecule has 1 amide bonds. The average Bonchev–Trinajstić information content (AvgIpc) is 3.45.